The van der Waals surface area contributed by atoms with E-state index in [0.29, 0.717) is 16.6 Å². The molecule has 0 saturated carbocycles. The Balaban J connectivity index is 2.35. The highest BCUT2D eigenvalue weighted by Gasteiger charge is 2.15. The molecule has 0 unspecified atom stereocenters. The standard InChI is InChI=1S/C14H14Cl2N2O2/c1-8-12(6-14(19)20)9(2)18(17-8)7-10-5-11(15)3-4-13(10)16/h3-5H,6-7H2,1-2H3,(H,19,20). The molecule has 1 heterocycles. The molecule has 0 atom stereocenters. The molecule has 1 N–H and O–H groups in total. The Hall–Kier alpha value is -1.52. The summed E-state index contributed by atoms with van der Waals surface area (Å²) in [6.45, 7) is 4.13. The number of benzene rings is 1. The van der Waals surface area contributed by atoms with Crippen molar-refractivity contribution < 1.29 is 9.90 Å². The molecule has 2 rings (SSSR count). The number of nitrogens with zero attached hydrogens (tertiary/aromatic N) is 2. The van der Waals surface area contributed by atoms with E-state index < -0.39 is 5.97 Å². The SMILES string of the molecule is Cc1nn(Cc2cc(Cl)ccc2Cl)c(C)c1CC(=O)O. The van der Waals surface area contributed by atoms with Crippen molar-refractivity contribution in [1.29, 1.82) is 0 Å². The molecule has 0 aliphatic carbocycles. The first-order valence-corrected chi connectivity index (χ1v) is 6.82. The zero-order chi connectivity index (χ0) is 14.9. The van der Waals surface area contributed by atoms with Gasteiger partial charge in [0.1, 0.15) is 0 Å². The monoisotopic (exact) mass is 312 g/mol. The Morgan fingerprint density at radius 1 is 1.35 bits per heavy atom. The van der Waals surface area contributed by atoms with Crippen molar-refractivity contribution in [2.75, 3.05) is 0 Å². The number of aryl methyl sites for hydroxylation is 1. The van der Waals surface area contributed by atoms with Crippen LogP contribution >= 0.6 is 23.2 Å². The number of aromatic nitrogens is 2. The lowest BCUT2D eigenvalue weighted by Gasteiger charge is -2.07. The van der Waals surface area contributed by atoms with E-state index in [9.17, 15) is 4.79 Å². The summed E-state index contributed by atoms with van der Waals surface area (Å²) in [5.41, 5.74) is 3.16. The molecule has 106 valence electrons. The van der Waals surface area contributed by atoms with Crippen LogP contribution in [0.3, 0.4) is 0 Å². The number of carboxylic acids is 1. The molecule has 0 saturated heterocycles. The van der Waals surface area contributed by atoms with Gasteiger partial charge in [-0.15, -0.1) is 0 Å². The average Bonchev–Trinajstić information content (AvgIpc) is 2.61. The summed E-state index contributed by atoms with van der Waals surface area (Å²) in [6.07, 6.45) is -0.0268. The number of hydrogen-bond donors (Lipinski definition) is 1. The first kappa shape index (κ1) is 14.9. The molecule has 4 nitrogen and oxygen atoms in total. The fraction of sp³-hybridized carbons (Fsp3) is 0.286. The van der Waals surface area contributed by atoms with Crippen molar-refractivity contribution in [1.82, 2.24) is 9.78 Å². The number of hydrogen-bond acceptors (Lipinski definition) is 2. The molecule has 1 aromatic heterocycles. The molecule has 0 aliphatic rings. The van der Waals surface area contributed by atoms with Crippen LogP contribution in [0.4, 0.5) is 0 Å². The van der Waals surface area contributed by atoms with Gasteiger partial charge in [-0.05, 0) is 37.6 Å². The number of aliphatic carboxylic acids is 1. The second-order valence-electron chi connectivity index (χ2n) is 4.61. The molecule has 6 heteroatoms. The molecular weight excluding hydrogens is 299 g/mol. The molecule has 0 amide bonds. The number of halogens is 2. The Bertz CT molecular complexity index is 665. The van der Waals surface area contributed by atoms with Crippen molar-refractivity contribution in [2.24, 2.45) is 0 Å². The predicted octanol–water partition coefficient (Wildman–Crippen LogP) is 3.48. The third-order valence-corrected chi connectivity index (χ3v) is 3.79. The minimum atomic E-state index is -0.864. The van der Waals surface area contributed by atoms with Crippen LogP contribution in [0.1, 0.15) is 22.5 Å². The summed E-state index contributed by atoms with van der Waals surface area (Å²) < 4.78 is 1.76. The summed E-state index contributed by atoms with van der Waals surface area (Å²) in [5, 5.41) is 14.5. The topological polar surface area (TPSA) is 55.1 Å². The van der Waals surface area contributed by atoms with Gasteiger partial charge in [-0.3, -0.25) is 9.48 Å². The molecular formula is C14H14Cl2N2O2. The third kappa shape index (κ3) is 3.14. The van der Waals surface area contributed by atoms with E-state index in [1.54, 1.807) is 29.8 Å². The van der Waals surface area contributed by atoms with Crippen LogP contribution in [0.25, 0.3) is 0 Å². The van der Waals surface area contributed by atoms with Gasteiger partial charge in [0.25, 0.3) is 0 Å². The Morgan fingerprint density at radius 2 is 2.05 bits per heavy atom. The lowest BCUT2D eigenvalue weighted by Crippen LogP contribution is -2.06. The molecule has 0 fully saturated rings. The zero-order valence-electron chi connectivity index (χ0n) is 11.2. The van der Waals surface area contributed by atoms with E-state index in [2.05, 4.69) is 5.10 Å². The highest BCUT2D eigenvalue weighted by Crippen LogP contribution is 2.23. The van der Waals surface area contributed by atoms with Gasteiger partial charge >= 0.3 is 5.97 Å². The maximum Gasteiger partial charge on any atom is 0.307 e. The molecule has 0 aliphatic heterocycles. The van der Waals surface area contributed by atoms with Crippen molar-refractivity contribution in [3.05, 3.63) is 50.8 Å². The number of carboxylic acid groups (broad SMARTS) is 1. The fourth-order valence-electron chi connectivity index (χ4n) is 2.12. The van der Waals surface area contributed by atoms with E-state index >= 15 is 0 Å². The summed E-state index contributed by atoms with van der Waals surface area (Å²) in [4.78, 5) is 10.9. The lowest BCUT2D eigenvalue weighted by molar-refractivity contribution is -0.136. The highest BCUT2D eigenvalue weighted by molar-refractivity contribution is 6.33. The van der Waals surface area contributed by atoms with E-state index in [4.69, 9.17) is 28.3 Å². The fourth-order valence-corrected chi connectivity index (χ4v) is 2.49. The molecule has 1 aromatic carbocycles. The predicted molar refractivity (Wildman–Crippen MR) is 78.6 cm³/mol. The smallest absolute Gasteiger partial charge is 0.307 e. The second kappa shape index (κ2) is 5.85. The lowest BCUT2D eigenvalue weighted by atomic mass is 10.1. The second-order valence-corrected chi connectivity index (χ2v) is 5.46. The first-order valence-electron chi connectivity index (χ1n) is 6.07. The average molecular weight is 313 g/mol. The van der Waals surface area contributed by atoms with Crippen LogP contribution in [-0.2, 0) is 17.8 Å². The van der Waals surface area contributed by atoms with Crippen LogP contribution in [-0.4, -0.2) is 20.9 Å². The molecule has 2 aromatic rings. The molecule has 0 radical (unpaired) electrons. The van der Waals surface area contributed by atoms with E-state index in [1.807, 2.05) is 6.92 Å². The zero-order valence-corrected chi connectivity index (χ0v) is 12.7. The maximum absolute atomic E-state index is 10.9. The van der Waals surface area contributed by atoms with E-state index in [0.717, 1.165) is 22.5 Å². The van der Waals surface area contributed by atoms with E-state index in [1.165, 1.54) is 0 Å². The highest BCUT2D eigenvalue weighted by atomic mass is 35.5. The van der Waals surface area contributed by atoms with Crippen LogP contribution < -0.4 is 0 Å². The minimum absolute atomic E-state index is 0.0268. The van der Waals surface area contributed by atoms with Crippen LogP contribution in [0, 0.1) is 13.8 Å². The Kier molecular flexibility index (Phi) is 4.35. The van der Waals surface area contributed by atoms with E-state index in [-0.39, 0.29) is 6.42 Å². The molecule has 0 spiro atoms. The van der Waals surface area contributed by atoms with Crippen molar-refractivity contribution in [3.8, 4) is 0 Å². The molecule has 20 heavy (non-hydrogen) atoms. The van der Waals surface area contributed by atoms with Gasteiger partial charge in [0, 0.05) is 21.3 Å². The Morgan fingerprint density at radius 3 is 2.70 bits per heavy atom. The largest absolute Gasteiger partial charge is 0.481 e. The molecule has 0 bridgehead atoms. The third-order valence-electron chi connectivity index (χ3n) is 3.19. The van der Waals surface area contributed by atoms with Crippen LogP contribution in [0.2, 0.25) is 10.0 Å². The summed E-state index contributed by atoms with van der Waals surface area (Å²) in [5.74, 6) is -0.864. The van der Waals surface area contributed by atoms with Gasteiger partial charge in [-0.25, -0.2) is 0 Å². The van der Waals surface area contributed by atoms with Gasteiger partial charge in [0.05, 0.1) is 18.7 Å². The van der Waals surface area contributed by atoms with Gasteiger partial charge < -0.3 is 5.11 Å². The minimum Gasteiger partial charge on any atom is -0.481 e. The normalized spacial score (nSPS) is 10.8. The quantitative estimate of drug-likeness (QED) is 0.940. The van der Waals surface area contributed by atoms with Gasteiger partial charge in [0.2, 0.25) is 0 Å². The summed E-state index contributed by atoms with van der Waals surface area (Å²) in [7, 11) is 0. The van der Waals surface area contributed by atoms with Crippen molar-refractivity contribution in [3.63, 3.8) is 0 Å². The van der Waals surface area contributed by atoms with Gasteiger partial charge in [0.15, 0.2) is 0 Å². The van der Waals surface area contributed by atoms with Crippen LogP contribution in [0.15, 0.2) is 18.2 Å². The van der Waals surface area contributed by atoms with Gasteiger partial charge in [-0.2, -0.15) is 5.10 Å². The number of rotatable bonds is 4. The Labute approximate surface area is 126 Å². The number of carbonyl (C=O) groups is 1. The van der Waals surface area contributed by atoms with Crippen molar-refractivity contribution >= 4 is 29.2 Å². The maximum atomic E-state index is 10.9. The van der Waals surface area contributed by atoms with Crippen molar-refractivity contribution in [2.45, 2.75) is 26.8 Å². The van der Waals surface area contributed by atoms with Crippen LogP contribution in [0.5, 0.6) is 0 Å². The summed E-state index contributed by atoms with van der Waals surface area (Å²) >= 11 is 12.1. The first-order chi connectivity index (χ1) is 9.38. The summed E-state index contributed by atoms with van der Waals surface area (Å²) in [6, 6.07) is 5.25. The van der Waals surface area contributed by atoms with Gasteiger partial charge in [-0.1, -0.05) is 23.2 Å².